The molecule has 0 atom stereocenters. The van der Waals surface area contributed by atoms with Crippen molar-refractivity contribution in [3.8, 4) is 22.3 Å². The fourth-order valence-corrected chi connectivity index (χ4v) is 3.54. The van der Waals surface area contributed by atoms with Gasteiger partial charge in [0.15, 0.2) is 17.5 Å². The van der Waals surface area contributed by atoms with Crippen LogP contribution in [0.4, 0.5) is 17.6 Å². The molecule has 0 nitrogen and oxygen atoms in total. The molecule has 0 bridgehead atoms. The molecule has 4 heteroatoms. The Kier molecular flexibility index (Phi) is 5.40. The Bertz CT molecular complexity index is 1230. The molecule has 0 amide bonds. The first kappa shape index (κ1) is 19.9. The lowest BCUT2D eigenvalue weighted by atomic mass is 9.96. The van der Waals surface area contributed by atoms with Gasteiger partial charge in [0.2, 0.25) is 0 Å². The second kappa shape index (κ2) is 8.15. The van der Waals surface area contributed by atoms with Gasteiger partial charge in [-0.2, -0.15) is 0 Å². The van der Waals surface area contributed by atoms with E-state index in [1.165, 1.54) is 17.7 Å². The number of rotatable bonds is 5. The Hall–Kier alpha value is -3.40. The standard InChI is InChI=1S/C26H18F4/c1-2-3-4-16-5-6-18-12-19(8-7-17(18)11-16)20-9-10-22(23(27)13-20)21-14-24(28)26(30)25(29)15-21/h2,5-15H,1,3-4H2. The number of halogens is 4. The van der Waals surface area contributed by atoms with E-state index in [1.54, 1.807) is 6.07 Å². The smallest absolute Gasteiger partial charge is 0.194 e. The molecule has 0 N–H and O–H groups in total. The molecule has 0 aliphatic rings. The first-order valence-corrected chi connectivity index (χ1v) is 9.54. The average molecular weight is 406 g/mol. The minimum Gasteiger partial charge on any atom is -0.206 e. The molecule has 0 aliphatic carbocycles. The van der Waals surface area contributed by atoms with Crippen molar-refractivity contribution >= 4 is 10.8 Å². The summed E-state index contributed by atoms with van der Waals surface area (Å²) < 4.78 is 54.9. The Balaban J connectivity index is 1.68. The van der Waals surface area contributed by atoms with Crippen molar-refractivity contribution in [1.82, 2.24) is 0 Å². The monoisotopic (exact) mass is 406 g/mol. The van der Waals surface area contributed by atoms with E-state index in [4.69, 9.17) is 0 Å². The molecule has 0 heterocycles. The van der Waals surface area contributed by atoms with E-state index >= 15 is 0 Å². The van der Waals surface area contributed by atoms with E-state index in [2.05, 4.69) is 18.7 Å². The van der Waals surface area contributed by atoms with Crippen molar-refractivity contribution < 1.29 is 17.6 Å². The zero-order valence-corrected chi connectivity index (χ0v) is 16.1. The molecule has 150 valence electrons. The lowest BCUT2D eigenvalue weighted by molar-refractivity contribution is 0.447. The fourth-order valence-electron chi connectivity index (χ4n) is 3.54. The van der Waals surface area contributed by atoms with Gasteiger partial charge in [-0.15, -0.1) is 6.58 Å². The second-order valence-electron chi connectivity index (χ2n) is 7.17. The molecular formula is C26H18F4. The van der Waals surface area contributed by atoms with Crippen molar-refractivity contribution in [3.05, 3.63) is 108 Å². The maximum atomic E-state index is 14.7. The third kappa shape index (κ3) is 3.86. The van der Waals surface area contributed by atoms with Crippen molar-refractivity contribution in [3.63, 3.8) is 0 Å². The highest BCUT2D eigenvalue weighted by Crippen LogP contribution is 2.31. The van der Waals surface area contributed by atoms with Gasteiger partial charge in [0, 0.05) is 5.56 Å². The first-order valence-electron chi connectivity index (χ1n) is 9.54. The molecule has 4 aromatic rings. The van der Waals surface area contributed by atoms with Gasteiger partial charge in [0.05, 0.1) is 0 Å². The third-order valence-electron chi connectivity index (χ3n) is 5.14. The van der Waals surface area contributed by atoms with Gasteiger partial charge in [-0.1, -0.05) is 48.5 Å². The summed E-state index contributed by atoms with van der Waals surface area (Å²) in [5, 5.41) is 2.12. The normalized spacial score (nSPS) is 11.1. The quantitative estimate of drug-likeness (QED) is 0.180. The summed E-state index contributed by atoms with van der Waals surface area (Å²) in [4.78, 5) is 0. The maximum Gasteiger partial charge on any atom is 0.194 e. The summed E-state index contributed by atoms with van der Waals surface area (Å²) in [6, 6.07) is 18.1. The molecule has 0 aromatic heterocycles. The lowest BCUT2D eigenvalue weighted by Gasteiger charge is -2.09. The van der Waals surface area contributed by atoms with Crippen LogP contribution in [0.1, 0.15) is 12.0 Å². The van der Waals surface area contributed by atoms with Crippen molar-refractivity contribution in [2.75, 3.05) is 0 Å². The van der Waals surface area contributed by atoms with Crippen LogP contribution in [0, 0.1) is 23.3 Å². The van der Waals surface area contributed by atoms with Gasteiger partial charge in [0.25, 0.3) is 0 Å². The molecule has 0 fully saturated rings. The molecule has 0 radical (unpaired) electrons. The highest BCUT2D eigenvalue weighted by atomic mass is 19.2. The van der Waals surface area contributed by atoms with Crippen LogP contribution in [0.5, 0.6) is 0 Å². The summed E-state index contributed by atoms with van der Waals surface area (Å²) in [5.74, 6) is -4.91. The van der Waals surface area contributed by atoms with E-state index in [0.29, 0.717) is 5.56 Å². The van der Waals surface area contributed by atoms with Gasteiger partial charge in [-0.25, -0.2) is 17.6 Å². The molecule has 30 heavy (non-hydrogen) atoms. The largest absolute Gasteiger partial charge is 0.206 e. The van der Waals surface area contributed by atoms with E-state index in [-0.39, 0.29) is 11.1 Å². The summed E-state index contributed by atoms with van der Waals surface area (Å²) in [6.45, 7) is 3.74. The maximum absolute atomic E-state index is 14.7. The summed E-state index contributed by atoms with van der Waals surface area (Å²) in [7, 11) is 0. The van der Waals surface area contributed by atoms with Crippen LogP contribution in [0.3, 0.4) is 0 Å². The van der Waals surface area contributed by atoms with E-state index in [1.807, 2.05) is 30.3 Å². The first-order chi connectivity index (χ1) is 14.5. The van der Waals surface area contributed by atoms with Crippen LogP contribution in [0.15, 0.2) is 79.4 Å². The summed E-state index contributed by atoms with van der Waals surface area (Å²) >= 11 is 0. The number of allylic oxidation sites excluding steroid dienone is 1. The van der Waals surface area contributed by atoms with Crippen LogP contribution in [0.25, 0.3) is 33.0 Å². The molecule has 0 aliphatic heterocycles. The Morgan fingerprint density at radius 1 is 0.633 bits per heavy atom. The molecule has 4 aromatic carbocycles. The molecule has 0 saturated carbocycles. The van der Waals surface area contributed by atoms with Gasteiger partial charge < -0.3 is 0 Å². The molecule has 0 saturated heterocycles. The van der Waals surface area contributed by atoms with Crippen LogP contribution < -0.4 is 0 Å². The number of hydrogen-bond donors (Lipinski definition) is 0. The highest BCUT2D eigenvalue weighted by Gasteiger charge is 2.14. The summed E-state index contributed by atoms with van der Waals surface area (Å²) in [6.07, 6.45) is 3.73. The average Bonchev–Trinajstić information content (AvgIpc) is 2.75. The van der Waals surface area contributed by atoms with Crippen molar-refractivity contribution in [1.29, 1.82) is 0 Å². The van der Waals surface area contributed by atoms with Crippen LogP contribution in [0.2, 0.25) is 0 Å². The molecule has 0 unspecified atom stereocenters. The minimum absolute atomic E-state index is 0.00389. The van der Waals surface area contributed by atoms with Gasteiger partial charge in [0.1, 0.15) is 5.82 Å². The molecular weight excluding hydrogens is 388 g/mol. The van der Waals surface area contributed by atoms with Crippen LogP contribution in [-0.4, -0.2) is 0 Å². The van der Waals surface area contributed by atoms with Gasteiger partial charge >= 0.3 is 0 Å². The fraction of sp³-hybridized carbons (Fsp3) is 0.0769. The predicted molar refractivity (Wildman–Crippen MR) is 113 cm³/mol. The number of hydrogen-bond acceptors (Lipinski definition) is 0. The van der Waals surface area contributed by atoms with E-state index in [9.17, 15) is 17.6 Å². The van der Waals surface area contributed by atoms with E-state index < -0.39 is 23.3 Å². The van der Waals surface area contributed by atoms with Crippen LogP contribution >= 0.6 is 0 Å². The predicted octanol–water partition coefficient (Wildman–Crippen LogP) is 7.85. The Morgan fingerprint density at radius 3 is 1.93 bits per heavy atom. The SMILES string of the molecule is C=CCCc1ccc2cc(-c3ccc(-c4cc(F)c(F)c(F)c4)c(F)c3)ccc2c1. The van der Waals surface area contributed by atoms with Crippen molar-refractivity contribution in [2.24, 2.45) is 0 Å². The Morgan fingerprint density at radius 2 is 1.23 bits per heavy atom. The zero-order chi connectivity index (χ0) is 21.3. The topological polar surface area (TPSA) is 0 Å². The highest BCUT2D eigenvalue weighted by molar-refractivity contribution is 5.88. The van der Waals surface area contributed by atoms with E-state index in [0.717, 1.165) is 41.3 Å². The second-order valence-corrected chi connectivity index (χ2v) is 7.17. The molecule has 0 spiro atoms. The lowest BCUT2D eigenvalue weighted by Crippen LogP contribution is -1.94. The van der Waals surface area contributed by atoms with Gasteiger partial charge in [-0.3, -0.25) is 0 Å². The minimum atomic E-state index is -1.57. The number of benzene rings is 4. The Labute approximate surface area is 172 Å². The van der Waals surface area contributed by atoms with Crippen LogP contribution in [-0.2, 0) is 6.42 Å². The van der Waals surface area contributed by atoms with Crippen molar-refractivity contribution in [2.45, 2.75) is 12.8 Å². The third-order valence-corrected chi connectivity index (χ3v) is 5.14. The molecule has 4 rings (SSSR count). The summed E-state index contributed by atoms with van der Waals surface area (Å²) in [5.41, 5.74) is 2.63. The zero-order valence-electron chi connectivity index (χ0n) is 16.1. The number of aryl methyl sites for hydroxylation is 1. The van der Waals surface area contributed by atoms with Gasteiger partial charge in [-0.05, 0) is 70.1 Å². The number of fused-ring (bicyclic) bond motifs is 1.